The number of rotatable bonds is 4. The molecule has 1 atom stereocenters. The van der Waals surface area contributed by atoms with Gasteiger partial charge in [0.15, 0.2) is 0 Å². The standard InChI is InChI=1S/C16H26N2O2/c1-3-12(4-2)18-13(11-7-8-11)14(19)17-16(15(18)20)9-5-6-10-16/h11-13H,3-10H2,1-2H3,(H,17,19). The first-order chi connectivity index (χ1) is 9.63. The van der Waals surface area contributed by atoms with Crippen molar-refractivity contribution < 1.29 is 9.59 Å². The molecule has 1 heterocycles. The Bertz CT molecular complexity index is 407. The quantitative estimate of drug-likeness (QED) is 0.857. The number of carbonyl (C=O) groups is 2. The molecule has 3 rings (SSSR count). The van der Waals surface area contributed by atoms with Gasteiger partial charge in [-0.1, -0.05) is 26.7 Å². The Morgan fingerprint density at radius 2 is 1.80 bits per heavy atom. The smallest absolute Gasteiger partial charge is 0.249 e. The van der Waals surface area contributed by atoms with E-state index in [1.807, 2.05) is 4.90 Å². The van der Waals surface area contributed by atoms with Crippen LogP contribution in [0.2, 0.25) is 0 Å². The van der Waals surface area contributed by atoms with E-state index in [9.17, 15) is 9.59 Å². The number of carbonyl (C=O) groups excluding carboxylic acids is 2. The molecule has 1 N–H and O–H groups in total. The third kappa shape index (κ3) is 2.04. The largest absolute Gasteiger partial charge is 0.340 e. The van der Waals surface area contributed by atoms with E-state index < -0.39 is 5.54 Å². The van der Waals surface area contributed by atoms with Gasteiger partial charge < -0.3 is 10.2 Å². The van der Waals surface area contributed by atoms with E-state index in [2.05, 4.69) is 19.2 Å². The molecule has 0 radical (unpaired) electrons. The highest BCUT2D eigenvalue weighted by Crippen LogP contribution is 2.43. The zero-order valence-corrected chi connectivity index (χ0v) is 12.7. The van der Waals surface area contributed by atoms with Crippen molar-refractivity contribution in [2.45, 2.75) is 82.8 Å². The van der Waals surface area contributed by atoms with E-state index in [4.69, 9.17) is 0 Å². The monoisotopic (exact) mass is 278 g/mol. The van der Waals surface area contributed by atoms with Gasteiger partial charge in [-0.25, -0.2) is 0 Å². The van der Waals surface area contributed by atoms with Crippen LogP contribution in [0.15, 0.2) is 0 Å². The van der Waals surface area contributed by atoms with E-state index in [1.54, 1.807) is 0 Å². The van der Waals surface area contributed by atoms with Gasteiger partial charge in [0.05, 0.1) is 0 Å². The molecule has 4 nitrogen and oxygen atoms in total. The Kier molecular flexibility index (Phi) is 3.51. The van der Waals surface area contributed by atoms with Crippen LogP contribution in [0.5, 0.6) is 0 Å². The molecule has 3 aliphatic rings. The zero-order chi connectivity index (χ0) is 14.3. The van der Waals surface area contributed by atoms with Crippen molar-refractivity contribution in [2.75, 3.05) is 0 Å². The fourth-order valence-electron chi connectivity index (χ4n) is 4.11. The van der Waals surface area contributed by atoms with Crippen LogP contribution in [0.25, 0.3) is 0 Å². The van der Waals surface area contributed by atoms with Gasteiger partial charge in [-0.3, -0.25) is 9.59 Å². The van der Waals surface area contributed by atoms with Gasteiger partial charge in [0, 0.05) is 6.04 Å². The van der Waals surface area contributed by atoms with Crippen LogP contribution in [0.1, 0.15) is 65.2 Å². The Balaban J connectivity index is 1.94. The molecule has 1 saturated heterocycles. The molecule has 0 bridgehead atoms. The van der Waals surface area contributed by atoms with Crippen LogP contribution >= 0.6 is 0 Å². The molecule has 112 valence electrons. The van der Waals surface area contributed by atoms with Crippen LogP contribution < -0.4 is 5.32 Å². The van der Waals surface area contributed by atoms with Crippen molar-refractivity contribution >= 4 is 11.8 Å². The van der Waals surface area contributed by atoms with E-state index >= 15 is 0 Å². The van der Waals surface area contributed by atoms with Crippen molar-refractivity contribution in [2.24, 2.45) is 5.92 Å². The SMILES string of the molecule is CCC(CC)N1C(=O)C2(CCCC2)NC(=O)C1C1CC1. The third-order valence-corrected chi connectivity index (χ3v) is 5.44. The summed E-state index contributed by atoms with van der Waals surface area (Å²) in [5, 5.41) is 3.12. The first-order valence-electron chi connectivity index (χ1n) is 8.27. The normalized spacial score (nSPS) is 29.4. The molecule has 0 aromatic rings. The van der Waals surface area contributed by atoms with Gasteiger partial charge in [0.2, 0.25) is 11.8 Å². The van der Waals surface area contributed by atoms with Crippen LogP contribution in [0.4, 0.5) is 0 Å². The topological polar surface area (TPSA) is 49.4 Å². The summed E-state index contributed by atoms with van der Waals surface area (Å²) in [4.78, 5) is 27.7. The molecule has 1 aliphatic heterocycles. The van der Waals surface area contributed by atoms with E-state index in [1.165, 1.54) is 0 Å². The van der Waals surface area contributed by atoms with Gasteiger partial charge >= 0.3 is 0 Å². The third-order valence-electron chi connectivity index (χ3n) is 5.44. The molecular formula is C16H26N2O2. The van der Waals surface area contributed by atoms with Crippen molar-refractivity contribution in [3.8, 4) is 0 Å². The van der Waals surface area contributed by atoms with Crippen molar-refractivity contribution in [3.63, 3.8) is 0 Å². The minimum Gasteiger partial charge on any atom is -0.340 e. The summed E-state index contributed by atoms with van der Waals surface area (Å²) in [6.07, 6.45) is 7.82. The van der Waals surface area contributed by atoms with Gasteiger partial charge in [0.1, 0.15) is 11.6 Å². The number of hydrogen-bond acceptors (Lipinski definition) is 2. The Morgan fingerprint density at radius 3 is 2.30 bits per heavy atom. The fourth-order valence-corrected chi connectivity index (χ4v) is 4.11. The first kappa shape index (κ1) is 13.9. The molecule has 2 saturated carbocycles. The van der Waals surface area contributed by atoms with Gasteiger partial charge in [0.25, 0.3) is 0 Å². The number of hydrogen-bond donors (Lipinski definition) is 1. The molecular weight excluding hydrogens is 252 g/mol. The maximum atomic E-state index is 13.1. The summed E-state index contributed by atoms with van der Waals surface area (Å²) < 4.78 is 0. The van der Waals surface area contributed by atoms with Gasteiger partial charge in [-0.05, 0) is 44.4 Å². The Labute approximate surface area is 121 Å². The van der Waals surface area contributed by atoms with Crippen LogP contribution in [0.3, 0.4) is 0 Å². The predicted octanol–water partition coefficient (Wildman–Crippen LogP) is 2.22. The minimum atomic E-state index is -0.564. The molecule has 2 aliphatic carbocycles. The number of nitrogens with zero attached hydrogens (tertiary/aromatic N) is 1. The highest BCUT2D eigenvalue weighted by Gasteiger charge is 2.56. The molecule has 2 amide bonds. The average Bonchev–Trinajstić information content (AvgIpc) is 3.16. The molecule has 4 heteroatoms. The minimum absolute atomic E-state index is 0.112. The molecule has 0 aromatic heterocycles. The van der Waals surface area contributed by atoms with Crippen LogP contribution in [0, 0.1) is 5.92 Å². The van der Waals surface area contributed by atoms with E-state index in [0.717, 1.165) is 51.4 Å². The number of amides is 2. The summed E-state index contributed by atoms with van der Waals surface area (Å²) in [6, 6.07) is 0.0234. The molecule has 1 unspecified atom stereocenters. The summed E-state index contributed by atoms with van der Waals surface area (Å²) >= 11 is 0. The average molecular weight is 278 g/mol. The number of nitrogens with one attached hydrogen (secondary N) is 1. The fraction of sp³-hybridized carbons (Fsp3) is 0.875. The molecule has 0 aromatic carbocycles. The first-order valence-corrected chi connectivity index (χ1v) is 8.27. The van der Waals surface area contributed by atoms with E-state index in [-0.39, 0.29) is 23.9 Å². The van der Waals surface area contributed by atoms with Crippen LogP contribution in [-0.2, 0) is 9.59 Å². The highest BCUT2D eigenvalue weighted by atomic mass is 16.2. The summed E-state index contributed by atoms with van der Waals surface area (Å²) in [5.41, 5.74) is -0.564. The number of piperazine rings is 1. The highest BCUT2D eigenvalue weighted by molar-refractivity contribution is 6.00. The lowest BCUT2D eigenvalue weighted by atomic mass is 9.87. The predicted molar refractivity (Wildman–Crippen MR) is 77.1 cm³/mol. The van der Waals surface area contributed by atoms with Gasteiger partial charge in [-0.15, -0.1) is 0 Å². The Hall–Kier alpha value is -1.06. The lowest BCUT2D eigenvalue weighted by Crippen LogP contribution is -2.71. The molecule has 20 heavy (non-hydrogen) atoms. The second kappa shape index (κ2) is 5.05. The zero-order valence-electron chi connectivity index (χ0n) is 12.7. The summed E-state index contributed by atoms with van der Waals surface area (Å²) in [7, 11) is 0. The maximum absolute atomic E-state index is 13.1. The van der Waals surface area contributed by atoms with Crippen LogP contribution in [-0.4, -0.2) is 34.3 Å². The van der Waals surface area contributed by atoms with Crippen molar-refractivity contribution in [3.05, 3.63) is 0 Å². The van der Waals surface area contributed by atoms with Gasteiger partial charge in [-0.2, -0.15) is 0 Å². The van der Waals surface area contributed by atoms with Crippen molar-refractivity contribution in [1.82, 2.24) is 10.2 Å². The van der Waals surface area contributed by atoms with E-state index in [0.29, 0.717) is 5.92 Å². The lowest BCUT2D eigenvalue weighted by molar-refractivity contribution is -0.159. The summed E-state index contributed by atoms with van der Waals surface area (Å²) in [5.74, 6) is 0.722. The van der Waals surface area contributed by atoms with Crippen molar-refractivity contribution in [1.29, 1.82) is 0 Å². The summed E-state index contributed by atoms with van der Waals surface area (Å²) in [6.45, 7) is 4.25. The maximum Gasteiger partial charge on any atom is 0.249 e. The molecule has 3 fully saturated rings. The second-order valence-corrected chi connectivity index (χ2v) is 6.74. The molecule has 1 spiro atoms. The second-order valence-electron chi connectivity index (χ2n) is 6.74. The lowest BCUT2D eigenvalue weighted by Gasteiger charge is -2.47. The Morgan fingerprint density at radius 1 is 1.20 bits per heavy atom.